The van der Waals surface area contributed by atoms with E-state index in [9.17, 15) is 9.59 Å². The maximum atomic E-state index is 12.5. The van der Waals surface area contributed by atoms with Crippen molar-refractivity contribution in [1.82, 2.24) is 14.8 Å². The lowest BCUT2D eigenvalue weighted by Crippen LogP contribution is -2.49. The van der Waals surface area contributed by atoms with Crippen LogP contribution < -0.4 is 5.32 Å². The van der Waals surface area contributed by atoms with Crippen molar-refractivity contribution in [2.75, 3.05) is 26.2 Å². The second-order valence-corrected chi connectivity index (χ2v) is 5.87. The van der Waals surface area contributed by atoms with Crippen LogP contribution in [0.1, 0.15) is 40.6 Å². The summed E-state index contributed by atoms with van der Waals surface area (Å²) in [5.74, 6) is 0.132. The number of piperazine rings is 1. The smallest absolute Gasteiger partial charge is 0.234 e. The van der Waals surface area contributed by atoms with Crippen molar-refractivity contribution < 1.29 is 9.59 Å². The summed E-state index contributed by atoms with van der Waals surface area (Å²) >= 11 is 0. The molecule has 0 aromatic carbocycles. The first kappa shape index (κ1) is 13.4. The molecule has 1 amide bonds. The molecule has 1 saturated carbocycles. The molecule has 0 spiro atoms. The molecule has 0 radical (unpaired) electrons. The minimum atomic E-state index is 0.00695. The molecule has 2 aliphatic rings. The van der Waals surface area contributed by atoms with Gasteiger partial charge in [-0.3, -0.25) is 14.5 Å². The lowest BCUT2D eigenvalue weighted by atomic mass is 10.1. The Labute approximate surface area is 118 Å². The van der Waals surface area contributed by atoms with Crippen LogP contribution in [-0.2, 0) is 4.79 Å². The number of aryl methyl sites for hydroxylation is 1. The molecule has 5 nitrogen and oxygen atoms in total. The van der Waals surface area contributed by atoms with E-state index in [-0.39, 0.29) is 11.7 Å². The molecule has 1 aliphatic heterocycles. The number of carbonyl (C=O) groups excluding carboxylic acids is 2. The van der Waals surface area contributed by atoms with Crippen LogP contribution in [0.3, 0.4) is 0 Å². The number of aromatic nitrogens is 1. The van der Waals surface area contributed by atoms with Crippen LogP contribution in [0.2, 0.25) is 0 Å². The van der Waals surface area contributed by atoms with Crippen LogP contribution in [-0.4, -0.2) is 47.3 Å². The van der Waals surface area contributed by atoms with E-state index in [1.807, 2.05) is 17.9 Å². The first-order valence-electron chi connectivity index (χ1n) is 7.27. The van der Waals surface area contributed by atoms with Gasteiger partial charge in [0.05, 0.1) is 13.1 Å². The van der Waals surface area contributed by atoms with Gasteiger partial charge in [-0.05, 0) is 32.8 Å². The van der Waals surface area contributed by atoms with Gasteiger partial charge < -0.3 is 9.88 Å². The summed E-state index contributed by atoms with van der Waals surface area (Å²) in [4.78, 5) is 25.7. The van der Waals surface area contributed by atoms with E-state index in [2.05, 4.69) is 16.8 Å². The zero-order valence-electron chi connectivity index (χ0n) is 12.1. The molecule has 1 N–H and O–H groups in total. The van der Waals surface area contributed by atoms with Gasteiger partial charge in [0.2, 0.25) is 5.91 Å². The minimum absolute atomic E-state index is 0.00695. The maximum Gasteiger partial charge on any atom is 0.234 e. The standard InChI is InChI=1S/C15H21N3O2/c1-10-7-13(11(2)18(10)12-3-4-12)14(19)8-17-6-5-16-15(20)9-17/h7,12H,3-6,8-9H2,1-2H3,(H,16,20). The van der Waals surface area contributed by atoms with E-state index in [4.69, 9.17) is 0 Å². The predicted octanol–water partition coefficient (Wildman–Crippen LogP) is 1.05. The van der Waals surface area contributed by atoms with Gasteiger partial charge in [-0.2, -0.15) is 0 Å². The number of ketones is 1. The molecular weight excluding hydrogens is 254 g/mol. The zero-order chi connectivity index (χ0) is 14.3. The van der Waals surface area contributed by atoms with Gasteiger partial charge in [0.1, 0.15) is 0 Å². The fraction of sp³-hybridized carbons (Fsp3) is 0.600. The molecular formula is C15H21N3O2. The van der Waals surface area contributed by atoms with Crippen LogP contribution >= 0.6 is 0 Å². The summed E-state index contributed by atoms with van der Waals surface area (Å²) in [7, 11) is 0. The second kappa shape index (κ2) is 5.05. The molecule has 1 aromatic heterocycles. The first-order chi connectivity index (χ1) is 9.56. The Hall–Kier alpha value is -1.62. The van der Waals surface area contributed by atoms with E-state index in [0.717, 1.165) is 17.8 Å². The van der Waals surface area contributed by atoms with Gasteiger partial charge in [0.25, 0.3) is 0 Å². The second-order valence-electron chi connectivity index (χ2n) is 5.87. The zero-order valence-corrected chi connectivity index (χ0v) is 12.1. The highest BCUT2D eigenvalue weighted by atomic mass is 16.2. The molecule has 1 saturated heterocycles. The van der Waals surface area contributed by atoms with Crippen LogP contribution in [0.25, 0.3) is 0 Å². The molecule has 0 unspecified atom stereocenters. The van der Waals surface area contributed by atoms with Crippen LogP contribution in [0.15, 0.2) is 6.07 Å². The minimum Gasteiger partial charge on any atom is -0.354 e. The van der Waals surface area contributed by atoms with Crippen LogP contribution in [0, 0.1) is 13.8 Å². The van der Waals surface area contributed by atoms with Crippen LogP contribution in [0.4, 0.5) is 0 Å². The molecule has 1 aromatic rings. The Balaban J connectivity index is 1.74. The summed E-state index contributed by atoms with van der Waals surface area (Å²) in [6, 6.07) is 2.59. The van der Waals surface area contributed by atoms with Crippen molar-refractivity contribution in [3.63, 3.8) is 0 Å². The normalized spacial score (nSPS) is 20.0. The average molecular weight is 275 g/mol. The summed E-state index contributed by atoms with van der Waals surface area (Å²) in [6.07, 6.45) is 2.44. The van der Waals surface area contributed by atoms with E-state index in [0.29, 0.717) is 25.7 Å². The quantitative estimate of drug-likeness (QED) is 0.836. The molecule has 2 fully saturated rings. The van der Waals surface area contributed by atoms with Gasteiger partial charge in [-0.1, -0.05) is 0 Å². The van der Waals surface area contributed by atoms with Crippen molar-refractivity contribution in [3.8, 4) is 0 Å². The third-order valence-electron chi connectivity index (χ3n) is 4.18. The Morgan fingerprint density at radius 2 is 2.15 bits per heavy atom. The third-order valence-corrected chi connectivity index (χ3v) is 4.18. The summed E-state index contributed by atoms with van der Waals surface area (Å²) in [5, 5.41) is 2.78. The van der Waals surface area contributed by atoms with Gasteiger partial charge in [-0.25, -0.2) is 0 Å². The fourth-order valence-electron chi connectivity index (χ4n) is 3.07. The number of hydrogen-bond donors (Lipinski definition) is 1. The Morgan fingerprint density at radius 1 is 1.40 bits per heavy atom. The van der Waals surface area contributed by atoms with Crippen molar-refractivity contribution in [2.45, 2.75) is 32.7 Å². The number of rotatable bonds is 4. The molecule has 20 heavy (non-hydrogen) atoms. The van der Waals surface area contributed by atoms with E-state index >= 15 is 0 Å². The maximum absolute atomic E-state index is 12.5. The molecule has 3 rings (SSSR count). The number of Topliss-reactive ketones (excluding diaryl/α,β-unsaturated/α-hetero) is 1. The van der Waals surface area contributed by atoms with E-state index in [1.165, 1.54) is 18.5 Å². The highest BCUT2D eigenvalue weighted by Crippen LogP contribution is 2.38. The Morgan fingerprint density at radius 3 is 2.80 bits per heavy atom. The first-order valence-corrected chi connectivity index (χ1v) is 7.27. The monoisotopic (exact) mass is 275 g/mol. The molecule has 1 aliphatic carbocycles. The highest BCUT2D eigenvalue weighted by molar-refractivity contribution is 5.99. The lowest BCUT2D eigenvalue weighted by molar-refractivity contribution is -0.123. The van der Waals surface area contributed by atoms with E-state index < -0.39 is 0 Å². The predicted molar refractivity (Wildman–Crippen MR) is 76.0 cm³/mol. The van der Waals surface area contributed by atoms with Gasteiger partial charge in [0, 0.05) is 36.1 Å². The number of carbonyl (C=O) groups is 2. The Bertz CT molecular complexity index is 558. The van der Waals surface area contributed by atoms with Gasteiger partial charge in [0.15, 0.2) is 5.78 Å². The summed E-state index contributed by atoms with van der Waals surface area (Å²) < 4.78 is 2.29. The molecule has 108 valence electrons. The average Bonchev–Trinajstić information content (AvgIpc) is 3.16. The van der Waals surface area contributed by atoms with E-state index in [1.54, 1.807) is 0 Å². The summed E-state index contributed by atoms with van der Waals surface area (Å²) in [6.45, 7) is 6.14. The topological polar surface area (TPSA) is 54.3 Å². The van der Waals surface area contributed by atoms with Crippen molar-refractivity contribution in [2.24, 2.45) is 0 Å². The molecule has 2 heterocycles. The number of nitrogens with zero attached hydrogens (tertiary/aromatic N) is 2. The van der Waals surface area contributed by atoms with Crippen LogP contribution in [0.5, 0.6) is 0 Å². The lowest BCUT2D eigenvalue weighted by Gasteiger charge is -2.25. The number of amides is 1. The fourth-order valence-corrected chi connectivity index (χ4v) is 3.07. The molecule has 0 atom stereocenters. The van der Waals surface area contributed by atoms with Crippen molar-refractivity contribution in [1.29, 1.82) is 0 Å². The molecule has 5 heteroatoms. The Kier molecular flexibility index (Phi) is 3.38. The summed E-state index contributed by atoms with van der Waals surface area (Å²) in [5.41, 5.74) is 3.07. The molecule has 0 bridgehead atoms. The number of nitrogens with one attached hydrogen (secondary N) is 1. The highest BCUT2D eigenvalue weighted by Gasteiger charge is 2.29. The number of hydrogen-bond acceptors (Lipinski definition) is 3. The van der Waals surface area contributed by atoms with Crippen molar-refractivity contribution in [3.05, 3.63) is 23.0 Å². The van der Waals surface area contributed by atoms with Gasteiger partial charge in [-0.15, -0.1) is 0 Å². The van der Waals surface area contributed by atoms with Crippen molar-refractivity contribution >= 4 is 11.7 Å². The SMILES string of the molecule is Cc1cc(C(=O)CN2CCNC(=O)C2)c(C)n1C1CC1. The largest absolute Gasteiger partial charge is 0.354 e. The van der Waals surface area contributed by atoms with Gasteiger partial charge >= 0.3 is 0 Å². The third kappa shape index (κ3) is 2.50.